The van der Waals surface area contributed by atoms with Crippen LogP contribution in [0.1, 0.15) is 33.8 Å². The molecule has 0 saturated carbocycles. The smallest absolute Gasteiger partial charge is 0.271 e. The minimum absolute atomic E-state index is 0.111. The minimum atomic E-state index is -0.111. The van der Waals surface area contributed by atoms with Gasteiger partial charge >= 0.3 is 0 Å². The van der Waals surface area contributed by atoms with Crippen molar-refractivity contribution in [3.05, 3.63) is 65.2 Å². The van der Waals surface area contributed by atoms with Gasteiger partial charge in [0.25, 0.3) is 5.91 Å². The largest absolute Gasteiger partial charge is 0.384 e. The third kappa shape index (κ3) is 2.17. The summed E-state index contributed by atoms with van der Waals surface area (Å²) in [5, 5.41) is 7.79. The maximum atomic E-state index is 12.2. The summed E-state index contributed by atoms with van der Waals surface area (Å²) in [7, 11) is 0. The Morgan fingerprint density at radius 2 is 1.91 bits per heavy atom. The van der Waals surface area contributed by atoms with Crippen LogP contribution in [0.3, 0.4) is 0 Å². The van der Waals surface area contributed by atoms with Crippen LogP contribution in [0.15, 0.2) is 53.6 Å². The molecular weight excluding hydrogens is 274 g/mol. The van der Waals surface area contributed by atoms with Crippen molar-refractivity contribution >= 4 is 17.3 Å². The van der Waals surface area contributed by atoms with E-state index >= 15 is 0 Å². The lowest BCUT2D eigenvalue weighted by Gasteiger charge is -2.12. The lowest BCUT2D eigenvalue weighted by Crippen LogP contribution is -2.19. The Bertz CT molecular complexity index is 752. The lowest BCUT2D eigenvalue weighted by atomic mass is 9.89. The van der Waals surface area contributed by atoms with Crippen LogP contribution in [0.4, 0.5) is 5.69 Å². The van der Waals surface area contributed by atoms with Gasteiger partial charge in [-0.15, -0.1) is 0 Å². The van der Waals surface area contributed by atoms with Crippen LogP contribution >= 0.6 is 0 Å². The molecule has 110 valence electrons. The molecule has 4 heteroatoms. The van der Waals surface area contributed by atoms with Crippen LogP contribution in [-0.4, -0.2) is 18.2 Å². The molecule has 0 aliphatic carbocycles. The van der Waals surface area contributed by atoms with E-state index in [4.69, 9.17) is 0 Å². The van der Waals surface area contributed by atoms with Gasteiger partial charge < -0.3 is 5.32 Å². The molecule has 0 spiro atoms. The Morgan fingerprint density at radius 1 is 1.05 bits per heavy atom. The molecule has 0 radical (unpaired) electrons. The van der Waals surface area contributed by atoms with Gasteiger partial charge in [0.1, 0.15) is 0 Å². The highest BCUT2D eigenvalue weighted by Crippen LogP contribution is 2.37. The average molecular weight is 291 g/mol. The number of amides is 1. The van der Waals surface area contributed by atoms with Crippen molar-refractivity contribution in [2.45, 2.75) is 18.8 Å². The van der Waals surface area contributed by atoms with Gasteiger partial charge in [-0.3, -0.25) is 4.79 Å². The van der Waals surface area contributed by atoms with E-state index in [1.807, 2.05) is 24.3 Å². The Labute approximate surface area is 129 Å². The molecule has 0 aromatic heterocycles. The van der Waals surface area contributed by atoms with Crippen molar-refractivity contribution in [3.63, 3.8) is 0 Å². The first-order valence-electron chi connectivity index (χ1n) is 7.60. The van der Waals surface area contributed by atoms with E-state index in [0.717, 1.165) is 41.9 Å². The Hall–Kier alpha value is -2.62. The third-order valence-corrected chi connectivity index (χ3v) is 4.41. The molecular formula is C18H17N3O. The van der Waals surface area contributed by atoms with Crippen LogP contribution in [0.5, 0.6) is 0 Å². The summed E-state index contributed by atoms with van der Waals surface area (Å²) in [5.41, 5.74) is 7.95. The molecule has 4 nitrogen and oxygen atoms in total. The van der Waals surface area contributed by atoms with Crippen LogP contribution in [0, 0.1) is 0 Å². The van der Waals surface area contributed by atoms with Gasteiger partial charge in [-0.2, -0.15) is 5.10 Å². The molecule has 1 amide bonds. The molecule has 4 rings (SSSR count). The highest BCUT2D eigenvalue weighted by atomic mass is 16.2. The fourth-order valence-electron chi connectivity index (χ4n) is 3.30. The van der Waals surface area contributed by atoms with Crippen LogP contribution in [0.2, 0.25) is 0 Å². The predicted molar refractivity (Wildman–Crippen MR) is 87.3 cm³/mol. The first-order valence-corrected chi connectivity index (χ1v) is 7.60. The molecule has 1 atom stereocenters. The van der Waals surface area contributed by atoms with Gasteiger partial charge in [0.2, 0.25) is 0 Å². The molecule has 0 fully saturated rings. The third-order valence-electron chi connectivity index (χ3n) is 4.41. The summed E-state index contributed by atoms with van der Waals surface area (Å²) >= 11 is 0. The molecule has 2 N–H and O–H groups in total. The highest BCUT2D eigenvalue weighted by molar-refractivity contribution is 6.05. The Kier molecular flexibility index (Phi) is 3.15. The first-order chi connectivity index (χ1) is 10.8. The molecule has 0 saturated heterocycles. The SMILES string of the molecule is O=C1NN=C(CCc2ccccc2)C2CNc3cccc1c32. The van der Waals surface area contributed by atoms with E-state index in [0.29, 0.717) is 0 Å². The number of anilines is 1. The molecule has 2 aromatic rings. The van der Waals surface area contributed by atoms with Gasteiger partial charge in [-0.25, -0.2) is 5.43 Å². The van der Waals surface area contributed by atoms with Crippen LogP contribution in [-0.2, 0) is 6.42 Å². The number of hydrogen-bond donors (Lipinski definition) is 2. The van der Waals surface area contributed by atoms with Gasteiger partial charge in [-0.1, -0.05) is 36.4 Å². The summed E-state index contributed by atoms with van der Waals surface area (Å²) in [6, 6.07) is 16.2. The summed E-state index contributed by atoms with van der Waals surface area (Å²) in [6.45, 7) is 0.814. The zero-order valence-corrected chi connectivity index (χ0v) is 12.2. The Morgan fingerprint density at radius 3 is 2.77 bits per heavy atom. The van der Waals surface area contributed by atoms with Crippen LogP contribution in [0.25, 0.3) is 0 Å². The molecule has 2 aromatic carbocycles. The van der Waals surface area contributed by atoms with Crippen molar-refractivity contribution < 1.29 is 4.79 Å². The van der Waals surface area contributed by atoms with Gasteiger partial charge in [0.05, 0.1) is 0 Å². The monoisotopic (exact) mass is 291 g/mol. The number of rotatable bonds is 3. The van der Waals surface area contributed by atoms with Crippen LogP contribution < -0.4 is 10.7 Å². The number of benzene rings is 2. The maximum Gasteiger partial charge on any atom is 0.271 e. The van der Waals surface area contributed by atoms with Gasteiger partial charge in [0.15, 0.2) is 0 Å². The normalized spacial score (nSPS) is 18.8. The topological polar surface area (TPSA) is 53.5 Å². The standard InChI is InChI=1S/C18H17N3O/c22-18-13-7-4-8-16-17(13)14(11-19-16)15(20-21-18)10-9-12-5-2-1-3-6-12/h1-8,14,19H,9-11H2,(H,21,22). The van der Waals surface area contributed by atoms with Crippen molar-refractivity contribution in [1.29, 1.82) is 0 Å². The van der Waals surface area contributed by atoms with E-state index in [2.05, 4.69) is 40.1 Å². The lowest BCUT2D eigenvalue weighted by molar-refractivity contribution is 0.0955. The van der Waals surface area contributed by atoms with E-state index in [1.165, 1.54) is 5.56 Å². The van der Waals surface area contributed by atoms with E-state index in [-0.39, 0.29) is 11.8 Å². The number of nitrogens with zero attached hydrogens (tertiary/aromatic N) is 1. The first kappa shape index (κ1) is 13.1. The Balaban J connectivity index is 1.63. The summed E-state index contributed by atoms with van der Waals surface area (Å²) in [4.78, 5) is 12.2. The van der Waals surface area contributed by atoms with Crippen molar-refractivity contribution in [1.82, 2.24) is 5.43 Å². The maximum absolute atomic E-state index is 12.2. The van der Waals surface area contributed by atoms with E-state index in [9.17, 15) is 4.79 Å². The average Bonchev–Trinajstić information content (AvgIpc) is 2.93. The number of hydrazone groups is 1. The number of nitrogens with one attached hydrogen (secondary N) is 2. The minimum Gasteiger partial charge on any atom is -0.384 e. The molecule has 22 heavy (non-hydrogen) atoms. The highest BCUT2D eigenvalue weighted by Gasteiger charge is 2.33. The molecule has 2 aliphatic heterocycles. The van der Waals surface area contributed by atoms with Gasteiger partial charge in [-0.05, 0) is 36.1 Å². The predicted octanol–water partition coefficient (Wildman–Crippen LogP) is 2.93. The zero-order valence-electron chi connectivity index (χ0n) is 12.2. The van der Waals surface area contributed by atoms with E-state index in [1.54, 1.807) is 0 Å². The molecule has 2 aliphatic rings. The molecule has 2 heterocycles. The molecule has 0 bridgehead atoms. The molecule has 1 unspecified atom stereocenters. The van der Waals surface area contributed by atoms with Crippen molar-refractivity contribution in [2.24, 2.45) is 5.10 Å². The summed E-state index contributed by atoms with van der Waals surface area (Å²) in [6.07, 6.45) is 1.79. The zero-order chi connectivity index (χ0) is 14.9. The number of aryl methyl sites for hydroxylation is 1. The fourth-order valence-corrected chi connectivity index (χ4v) is 3.30. The second-order valence-electron chi connectivity index (χ2n) is 5.73. The van der Waals surface area contributed by atoms with Crippen molar-refractivity contribution in [2.75, 3.05) is 11.9 Å². The number of carbonyl (C=O) groups excluding carboxylic acids is 1. The van der Waals surface area contributed by atoms with E-state index < -0.39 is 0 Å². The fraction of sp³-hybridized carbons (Fsp3) is 0.222. The van der Waals surface area contributed by atoms with Gasteiger partial charge in [0, 0.05) is 29.4 Å². The second kappa shape index (κ2) is 5.30. The second-order valence-corrected chi connectivity index (χ2v) is 5.73. The summed E-state index contributed by atoms with van der Waals surface area (Å²) < 4.78 is 0. The number of hydrogen-bond acceptors (Lipinski definition) is 3. The van der Waals surface area contributed by atoms with Crippen molar-refractivity contribution in [3.8, 4) is 0 Å². The number of carbonyl (C=O) groups is 1. The summed E-state index contributed by atoms with van der Waals surface area (Å²) in [5.74, 6) is 0.0779. The quantitative estimate of drug-likeness (QED) is 0.913.